The summed E-state index contributed by atoms with van der Waals surface area (Å²) in [7, 11) is 1.62. The van der Waals surface area contributed by atoms with Crippen molar-refractivity contribution in [1.29, 1.82) is 0 Å². The van der Waals surface area contributed by atoms with Gasteiger partial charge >= 0.3 is 0 Å². The first kappa shape index (κ1) is 15.3. The van der Waals surface area contributed by atoms with E-state index in [2.05, 4.69) is 9.97 Å². The predicted molar refractivity (Wildman–Crippen MR) is 81.0 cm³/mol. The molecule has 0 fully saturated rings. The topological polar surface area (TPSA) is 81.3 Å². The average Bonchev–Trinajstić information content (AvgIpc) is 2.54. The molecule has 6 nitrogen and oxygen atoms in total. The van der Waals surface area contributed by atoms with Crippen LogP contribution in [0.5, 0.6) is 0 Å². The molecule has 0 atom stereocenters. The number of carbonyl (C=O) groups is 1. The highest BCUT2D eigenvalue weighted by atomic mass is 16.5. The Bertz CT molecular complexity index is 590. The van der Waals surface area contributed by atoms with Crippen molar-refractivity contribution < 1.29 is 9.53 Å². The Labute approximate surface area is 123 Å². The molecule has 2 N–H and O–H groups in total. The molecule has 2 aromatic rings. The third-order valence-electron chi connectivity index (χ3n) is 3.21. The second-order valence-electron chi connectivity index (χ2n) is 4.66. The Kier molecular flexibility index (Phi) is 5.59. The van der Waals surface area contributed by atoms with E-state index < -0.39 is 0 Å². The number of methoxy groups -OCH3 is 1. The molecule has 1 aromatic carbocycles. The summed E-state index contributed by atoms with van der Waals surface area (Å²) >= 11 is 0. The van der Waals surface area contributed by atoms with Crippen LogP contribution in [-0.4, -0.2) is 54.1 Å². The number of hydrogen-bond donors (Lipinski definition) is 1. The van der Waals surface area contributed by atoms with Crippen LogP contribution in [0.15, 0.2) is 30.6 Å². The van der Waals surface area contributed by atoms with Crippen LogP contribution >= 0.6 is 0 Å². The number of carbonyl (C=O) groups excluding carboxylic acids is 1. The van der Waals surface area contributed by atoms with Gasteiger partial charge in [-0.2, -0.15) is 0 Å². The number of amides is 1. The monoisotopic (exact) mass is 288 g/mol. The maximum Gasteiger partial charge on any atom is 0.256 e. The van der Waals surface area contributed by atoms with Gasteiger partial charge in [-0.3, -0.25) is 14.8 Å². The zero-order valence-corrected chi connectivity index (χ0v) is 12.2. The average molecular weight is 288 g/mol. The molecular weight excluding hydrogens is 268 g/mol. The number of para-hydroxylation sites is 1. The molecule has 6 heteroatoms. The van der Waals surface area contributed by atoms with Crippen LogP contribution in [0.2, 0.25) is 0 Å². The van der Waals surface area contributed by atoms with Gasteiger partial charge in [0.25, 0.3) is 5.91 Å². The summed E-state index contributed by atoms with van der Waals surface area (Å²) in [5, 5.41) is 0. The first-order chi connectivity index (χ1) is 10.3. The lowest BCUT2D eigenvalue weighted by Crippen LogP contribution is -2.35. The maximum atomic E-state index is 12.7. The van der Waals surface area contributed by atoms with Crippen LogP contribution in [0, 0.1) is 0 Å². The predicted octanol–water partition coefficient (Wildman–Crippen LogP) is 1.07. The molecule has 0 aliphatic rings. The molecular formula is C15H20N4O2. The van der Waals surface area contributed by atoms with Crippen LogP contribution < -0.4 is 5.73 Å². The Morgan fingerprint density at radius 3 is 2.86 bits per heavy atom. The van der Waals surface area contributed by atoms with Crippen LogP contribution in [0.4, 0.5) is 0 Å². The van der Waals surface area contributed by atoms with Crippen molar-refractivity contribution in [2.45, 2.75) is 6.42 Å². The van der Waals surface area contributed by atoms with E-state index in [1.165, 1.54) is 0 Å². The number of fused-ring (bicyclic) bond motifs is 1. The van der Waals surface area contributed by atoms with Crippen molar-refractivity contribution in [3.63, 3.8) is 0 Å². The second-order valence-corrected chi connectivity index (χ2v) is 4.66. The van der Waals surface area contributed by atoms with Crippen LogP contribution in [0.1, 0.15) is 16.8 Å². The summed E-state index contributed by atoms with van der Waals surface area (Å²) in [5.74, 6) is -0.0633. The SMILES string of the molecule is COCCN(CCCN)C(=O)c1cccc2nccnc12. The van der Waals surface area contributed by atoms with Gasteiger partial charge in [0.15, 0.2) is 0 Å². The molecule has 0 saturated heterocycles. The summed E-state index contributed by atoms with van der Waals surface area (Å²) in [6.45, 7) is 2.18. The van der Waals surface area contributed by atoms with Gasteiger partial charge in [0.2, 0.25) is 0 Å². The minimum atomic E-state index is -0.0633. The minimum Gasteiger partial charge on any atom is -0.383 e. The molecule has 21 heavy (non-hydrogen) atoms. The summed E-state index contributed by atoms with van der Waals surface area (Å²) < 4.78 is 5.07. The standard InChI is InChI=1S/C15H20N4O2/c1-21-11-10-19(9-3-6-16)15(20)12-4-2-5-13-14(12)18-8-7-17-13/h2,4-5,7-8H,3,6,9-11,16H2,1H3. The number of nitrogens with two attached hydrogens (primary N) is 1. The van der Waals surface area contributed by atoms with Gasteiger partial charge in [0.05, 0.1) is 17.7 Å². The van der Waals surface area contributed by atoms with Gasteiger partial charge in [-0.25, -0.2) is 0 Å². The highest BCUT2D eigenvalue weighted by Gasteiger charge is 2.18. The lowest BCUT2D eigenvalue weighted by molar-refractivity contribution is 0.0696. The highest BCUT2D eigenvalue weighted by molar-refractivity contribution is 6.04. The number of hydrogen-bond acceptors (Lipinski definition) is 5. The molecule has 1 aromatic heterocycles. The van der Waals surface area contributed by atoms with Crippen molar-refractivity contribution in [1.82, 2.24) is 14.9 Å². The molecule has 0 aliphatic heterocycles. The van der Waals surface area contributed by atoms with E-state index in [0.29, 0.717) is 42.8 Å². The molecule has 1 heterocycles. The molecule has 0 bridgehead atoms. The van der Waals surface area contributed by atoms with Crippen molar-refractivity contribution in [2.75, 3.05) is 33.4 Å². The summed E-state index contributed by atoms with van der Waals surface area (Å²) in [4.78, 5) is 23.0. The smallest absolute Gasteiger partial charge is 0.256 e. The first-order valence-corrected chi connectivity index (χ1v) is 6.96. The Morgan fingerprint density at radius 2 is 2.10 bits per heavy atom. The normalized spacial score (nSPS) is 10.8. The van der Waals surface area contributed by atoms with Gasteiger partial charge in [-0.15, -0.1) is 0 Å². The number of ether oxygens (including phenoxy) is 1. The van der Waals surface area contributed by atoms with E-state index in [0.717, 1.165) is 6.42 Å². The maximum absolute atomic E-state index is 12.7. The van der Waals surface area contributed by atoms with Crippen molar-refractivity contribution >= 4 is 16.9 Å². The van der Waals surface area contributed by atoms with Crippen LogP contribution in [0.3, 0.4) is 0 Å². The number of aromatic nitrogens is 2. The van der Waals surface area contributed by atoms with E-state index >= 15 is 0 Å². The van der Waals surface area contributed by atoms with Gasteiger partial charge in [0, 0.05) is 32.6 Å². The van der Waals surface area contributed by atoms with Gasteiger partial charge in [-0.05, 0) is 25.1 Å². The van der Waals surface area contributed by atoms with Crippen LogP contribution in [0.25, 0.3) is 11.0 Å². The fraction of sp³-hybridized carbons (Fsp3) is 0.400. The Balaban J connectivity index is 2.29. The number of rotatable bonds is 7. The number of nitrogens with zero attached hydrogens (tertiary/aromatic N) is 3. The van der Waals surface area contributed by atoms with Crippen molar-refractivity contribution in [3.8, 4) is 0 Å². The molecule has 0 spiro atoms. The van der Waals surface area contributed by atoms with E-state index in [4.69, 9.17) is 10.5 Å². The summed E-state index contributed by atoms with van der Waals surface area (Å²) in [5.41, 5.74) is 7.45. The molecule has 1 amide bonds. The minimum absolute atomic E-state index is 0.0633. The van der Waals surface area contributed by atoms with E-state index in [1.54, 1.807) is 30.5 Å². The zero-order valence-electron chi connectivity index (χ0n) is 12.2. The lowest BCUT2D eigenvalue weighted by Gasteiger charge is -2.22. The summed E-state index contributed by atoms with van der Waals surface area (Å²) in [6.07, 6.45) is 3.97. The lowest BCUT2D eigenvalue weighted by atomic mass is 10.1. The fourth-order valence-electron chi connectivity index (χ4n) is 2.13. The molecule has 0 unspecified atom stereocenters. The Hall–Kier alpha value is -2.05. The quantitative estimate of drug-likeness (QED) is 0.824. The van der Waals surface area contributed by atoms with Gasteiger partial charge < -0.3 is 15.4 Å². The van der Waals surface area contributed by atoms with Crippen molar-refractivity contribution in [3.05, 3.63) is 36.2 Å². The number of benzene rings is 1. The van der Waals surface area contributed by atoms with E-state index in [9.17, 15) is 4.79 Å². The van der Waals surface area contributed by atoms with Gasteiger partial charge in [0.1, 0.15) is 5.52 Å². The van der Waals surface area contributed by atoms with E-state index in [-0.39, 0.29) is 5.91 Å². The third kappa shape index (κ3) is 3.74. The second kappa shape index (κ2) is 7.66. The first-order valence-electron chi connectivity index (χ1n) is 6.96. The third-order valence-corrected chi connectivity index (χ3v) is 3.21. The van der Waals surface area contributed by atoms with Crippen LogP contribution in [-0.2, 0) is 4.74 Å². The largest absolute Gasteiger partial charge is 0.383 e. The molecule has 0 aliphatic carbocycles. The summed E-state index contributed by atoms with van der Waals surface area (Å²) in [6, 6.07) is 5.45. The molecule has 0 saturated carbocycles. The zero-order chi connectivity index (χ0) is 15.1. The Morgan fingerprint density at radius 1 is 1.29 bits per heavy atom. The van der Waals surface area contributed by atoms with E-state index in [1.807, 2.05) is 12.1 Å². The fourth-order valence-corrected chi connectivity index (χ4v) is 2.13. The van der Waals surface area contributed by atoms with Gasteiger partial charge in [-0.1, -0.05) is 6.07 Å². The molecule has 112 valence electrons. The van der Waals surface area contributed by atoms with Crippen molar-refractivity contribution in [2.24, 2.45) is 5.73 Å². The highest BCUT2D eigenvalue weighted by Crippen LogP contribution is 2.16. The molecule has 2 rings (SSSR count). The molecule has 0 radical (unpaired) electrons.